The summed E-state index contributed by atoms with van der Waals surface area (Å²) in [5.74, 6) is 0.345. The predicted molar refractivity (Wildman–Crippen MR) is 79.2 cm³/mol. The number of ether oxygens (including phenoxy) is 2. The second kappa shape index (κ2) is 6.90. The summed E-state index contributed by atoms with van der Waals surface area (Å²) in [7, 11) is 1.36. The van der Waals surface area contributed by atoms with Crippen LogP contribution in [0.25, 0.3) is 0 Å². The minimum atomic E-state index is -0.520. The van der Waals surface area contributed by atoms with Crippen molar-refractivity contribution >= 4 is 5.97 Å². The van der Waals surface area contributed by atoms with Gasteiger partial charge in [-0.05, 0) is 42.3 Å². The van der Waals surface area contributed by atoms with E-state index in [1.54, 1.807) is 19.1 Å². The van der Waals surface area contributed by atoms with Crippen LogP contribution in [0.4, 0.5) is 0 Å². The maximum atomic E-state index is 11.3. The van der Waals surface area contributed by atoms with E-state index in [4.69, 9.17) is 4.74 Å². The summed E-state index contributed by atoms with van der Waals surface area (Å²) in [5.41, 5.74) is 2.27. The maximum Gasteiger partial charge on any atom is 0.337 e. The van der Waals surface area contributed by atoms with Gasteiger partial charge in [-0.1, -0.05) is 24.3 Å². The summed E-state index contributed by atoms with van der Waals surface area (Å²) in [4.78, 5) is 11.3. The van der Waals surface area contributed by atoms with Gasteiger partial charge in [0.1, 0.15) is 12.4 Å². The van der Waals surface area contributed by atoms with Crippen LogP contribution in [0.2, 0.25) is 0 Å². The van der Waals surface area contributed by atoms with Crippen molar-refractivity contribution in [2.24, 2.45) is 0 Å². The summed E-state index contributed by atoms with van der Waals surface area (Å²) in [5, 5.41) is 9.54. The van der Waals surface area contributed by atoms with Crippen molar-refractivity contribution in [1.82, 2.24) is 0 Å². The number of aliphatic hydroxyl groups is 1. The molecule has 0 amide bonds. The van der Waals surface area contributed by atoms with Crippen molar-refractivity contribution in [3.05, 3.63) is 65.2 Å². The first-order valence-corrected chi connectivity index (χ1v) is 6.68. The number of carbonyl (C=O) groups is 1. The average Bonchev–Trinajstić information content (AvgIpc) is 2.53. The third-order valence-electron chi connectivity index (χ3n) is 3.12. The Hall–Kier alpha value is -2.33. The lowest BCUT2D eigenvalue weighted by atomic mass is 10.1. The monoisotopic (exact) mass is 286 g/mol. The van der Waals surface area contributed by atoms with Crippen molar-refractivity contribution in [2.75, 3.05) is 7.11 Å². The first-order valence-electron chi connectivity index (χ1n) is 6.68. The van der Waals surface area contributed by atoms with Crippen molar-refractivity contribution < 1.29 is 19.4 Å². The molecule has 2 rings (SSSR count). The molecule has 0 unspecified atom stereocenters. The highest BCUT2D eigenvalue weighted by Gasteiger charge is 2.05. The van der Waals surface area contributed by atoms with E-state index >= 15 is 0 Å². The molecule has 4 nitrogen and oxygen atoms in total. The van der Waals surface area contributed by atoms with Crippen molar-refractivity contribution in [3.8, 4) is 5.75 Å². The van der Waals surface area contributed by atoms with Crippen LogP contribution in [0, 0.1) is 0 Å². The third kappa shape index (κ3) is 4.07. The molecule has 0 aliphatic heterocycles. The first-order chi connectivity index (χ1) is 10.1. The van der Waals surface area contributed by atoms with E-state index in [1.165, 1.54) is 7.11 Å². The molecule has 21 heavy (non-hydrogen) atoms. The van der Waals surface area contributed by atoms with Crippen LogP contribution in [-0.4, -0.2) is 18.2 Å². The molecule has 110 valence electrons. The largest absolute Gasteiger partial charge is 0.489 e. The second-order valence-electron chi connectivity index (χ2n) is 4.73. The number of carbonyl (C=O) groups excluding carboxylic acids is 1. The third-order valence-corrected chi connectivity index (χ3v) is 3.12. The Morgan fingerprint density at radius 1 is 1.19 bits per heavy atom. The van der Waals surface area contributed by atoms with Gasteiger partial charge < -0.3 is 14.6 Å². The van der Waals surface area contributed by atoms with Crippen LogP contribution in [0.3, 0.4) is 0 Å². The lowest BCUT2D eigenvalue weighted by Gasteiger charge is -2.10. The Bertz CT molecular complexity index is 602. The molecule has 0 aromatic heterocycles. The molecule has 0 heterocycles. The molecule has 1 atom stereocenters. The second-order valence-corrected chi connectivity index (χ2v) is 4.73. The van der Waals surface area contributed by atoms with E-state index < -0.39 is 6.10 Å². The Morgan fingerprint density at radius 2 is 1.90 bits per heavy atom. The molecule has 0 bridgehead atoms. The minimum Gasteiger partial charge on any atom is -0.489 e. The summed E-state index contributed by atoms with van der Waals surface area (Å²) < 4.78 is 10.3. The lowest BCUT2D eigenvalue weighted by Crippen LogP contribution is -2.02. The highest BCUT2D eigenvalue weighted by Crippen LogP contribution is 2.20. The Labute approximate surface area is 123 Å². The number of methoxy groups -OCH3 is 1. The van der Waals surface area contributed by atoms with Gasteiger partial charge in [-0.25, -0.2) is 4.79 Å². The van der Waals surface area contributed by atoms with Gasteiger partial charge in [0.2, 0.25) is 0 Å². The zero-order valence-electron chi connectivity index (χ0n) is 12.1. The van der Waals surface area contributed by atoms with Crippen LogP contribution in [0.5, 0.6) is 5.75 Å². The molecule has 2 aromatic rings. The predicted octanol–water partition coefficient (Wildman–Crippen LogP) is 3.11. The molecule has 0 saturated carbocycles. The number of esters is 1. The van der Waals surface area contributed by atoms with E-state index in [-0.39, 0.29) is 5.97 Å². The zero-order chi connectivity index (χ0) is 15.2. The molecule has 0 aliphatic rings. The van der Waals surface area contributed by atoms with Gasteiger partial charge >= 0.3 is 5.97 Å². The smallest absolute Gasteiger partial charge is 0.337 e. The lowest BCUT2D eigenvalue weighted by molar-refractivity contribution is 0.0600. The van der Waals surface area contributed by atoms with Gasteiger partial charge in [0, 0.05) is 0 Å². The number of benzene rings is 2. The van der Waals surface area contributed by atoms with E-state index in [1.807, 2.05) is 36.4 Å². The summed E-state index contributed by atoms with van der Waals surface area (Å²) in [6.07, 6.45) is -0.520. The molecule has 4 heteroatoms. The summed E-state index contributed by atoms with van der Waals surface area (Å²) in [6, 6.07) is 14.4. The standard InChI is InChI=1S/C17H18O4/c1-12(18)15-4-3-5-16(10-15)21-11-13-6-8-14(9-7-13)17(19)20-2/h3-10,12,18H,11H2,1-2H3/t12-/m0/s1. The van der Waals surface area contributed by atoms with Crippen LogP contribution >= 0.6 is 0 Å². The molecule has 0 fully saturated rings. The minimum absolute atomic E-state index is 0.355. The van der Waals surface area contributed by atoms with E-state index in [0.29, 0.717) is 17.9 Å². The van der Waals surface area contributed by atoms with Crippen molar-refractivity contribution in [1.29, 1.82) is 0 Å². The Kier molecular flexibility index (Phi) is 4.95. The Balaban J connectivity index is 2.00. The average molecular weight is 286 g/mol. The van der Waals surface area contributed by atoms with Crippen molar-refractivity contribution in [2.45, 2.75) is 19.6 Å². The SMILES string of the molecule is COC(=O)c1ccc(COc2cccc([C@H](C)O)c2)cc1. The number of hydrogen-bond donors (Lipinski definition) is 1. The number of rotatable bonds is 5. The van der Waals surface area contributed by atoms with Crippen molar-refractivity contribution in [3.63, 3.8) is 0 Å². The van der Waals surface area contributed by atoms with E-state index in [2.05, 4.69) is 4.74 Å². The maximum absolute atomic E-state index is 11.3. The normalized spacial score (nSPS) is 11.8. The van der Waals surface area contributed by atoms with Crippen LogP contribution < -0.4 is 4.74 Å². The fourth-order valence-corrected chi connectivity index (χ4v) is 1.89. The highest BCUT2D eigenvalue weighted by atomic mass is 16.5. The molecule has 0 saturated heterocycles. The van der Waals surface area contributed by atoms with Gasteiger partial charge in [0.05, 0.1) is 18.8 Å². The number of hydrogen-bond acceptors (Lipinski definition) is 4. The van der Waals surface area contributed by atoms with E-state index in [0.717, 1.165) is 11.1 Å². The first kappa shape index (κ1) is 15.1. The topological polar surface area (TPSA) is 55.8 Å². The summed E-state index contributed by atoms with van der Waals surface area (Å²) in [6.45, 7) is 2.11. The molecule has 2 aromatic carbocycles. The molecular formula is C17H18O4. The van der Waals surface area contributed by atoms with Gasteiger partial charge in [-0.15, -0.1) is 0 Å². The molecule has 0 aliphatic carbocycles. The van der Waals surface area contributed by atoms with Crippen LogP contribution in [-0.2, 0) is 11.3 Å². The van der Waals surface area contributed by atoms with Gasteiger partial charge in [-0.2, -0.15) is 0 Å². The quantitative estimate of drug-likeness (QED) is 0.858. The highest BCUT2D eigenvalue weighted by molar-refractivity contribution is 5.89. The Morgan fingerprint density at radius 3 is 2.52 bits per heavy atom. The molecule has 0 radical (unpaired) electrons. The molecule has 0 spiro atoms. The zero-order valence-corrected chi connectivity index (χ0v) is 12.1. The fraction of sp³-hybridized carbons (Fsp3) is 0.235. The van der Waals surface area contributed by atoms with Gasteiger partial charge in [0.15, 0.2) is 0 Å². The van der Waals surface area contributed by atoms with Crippen LogP contribution in [0.1, 0.15) is 34.5 Å². The van der Waals surface area contributed by atoms with Gasteiger partial charge in [-0.3, -0.25) is 0 Å². The van der Waals surface area contributed by atoms with E-state index in [9.17, 15) is 9.90 Å². The summed E-state index contributed by atoms with van der Waals surface area (Å²) >= 11 is 0. The number of aliphatic hydroxyl groups excluding tert-OH is 1. The van der Waals surface area contributed by atoms with Crippen LogP contribution in [0.15, 0.2) is 48.5 Å². The molecule has 1 N–H and O–H groups in total. The van der Waals surface area contributed by atoms with Gasteiger partial charge in [0.25, 0.3) is 0 Å². The molecular weight excluding hydrogens is 268 g/mol. The fourth-order valence-electron chi connectivity index (χ4n) is 1.89.